The van der Waals surface area contributed by atoms with Gasteiger partial charge in [0.1, 0.15) is 0 Å². The molecule has 1 rings (SSSR count). The summed E-state index contributed by atoms with van der Waals surface area (Å²) in [5.41, 5.74) is 0.197. The van der Waals surface area contributed by atoms with Crippen LogP contribution < -0.4 is 5.32 Å². The Balaban J connectivity index is 2.39. The fourth-order valence-corrected chi connectivity index (χ4v) is 2.71. The average Bonchev–Trinajstić information content (AvgIpc) is 2.68. The zero-order valence-electron chi connectivity index (χ0n) is 10.6. The highest BCUT2D eigenvalue weighted by atomic mass is 16.3. The van der Waals surface area contributed by atoms with Crippen molar-refractivity contribution in [1.29, 1.82) is 0 Å². The van der Waals surface area contributed by atoms with Crippen LogP contribution in [0.2, 0.25) is 0 Å². The van der Waals surface area contributed by atoms with Crippen LogP contribution in [0.3, 0.4) is 0 Å². The predicted octanol–water partition coefficient (Wildman–Crippen LogP) is 2.56. The molecule has 0 aliphatic heterocycles. The highest BCUT2D eigenvalue weighted by Gasteiger charge is 2.33. The Morgan fingerprint density at radius 2 is 1.87 bits per heavy atom. The summed E-state index contributed by atoms with van der Waals surface area (Å²) in [5.74, 6) is 0.687. The van der Waals surface area contributed by atoms with Crippen LogP contribution in [-0.2, 0) is 0 Å². The minimum Gasteiger partial charge on any atom is -0.396 e. The van der Waals surface area contributed by atoms with Gasteiger partial charge in [0.05, 0.1) is 0 Å². The molecule has 90 valence electrons. The van der Waals surface area contributed by atoms with Crippen LogP contribution in [0.1, 0.15) is 52.9 Å². The molecule has 2 N–H and O–H groups in total. The maximum atomic E-state index is 9.50. The van der Waals surface area contributed by atoms with E-state index in [9.17, 15) is 5.11 Å². The van der Waals surface area contributed by atoms with Gasteiger partial charge >= 0.3 is 0 Å². The van der Waals surface area contributed by atoms with Gasteiger partial charge in [-0.1, -0.05) is 33.6 Å². The summed E-state index contributed by atoms with van der Waals surface area (Å²) in [6, 6.07) is 0.606. The molecule has 0 bridgehead atoms. The number of aliphatic hydroxyl groups is 1. The zero-order valence-corrected chi connectivity index (χ0v) is 10.6. The van der Waals surface area contributed by atoms with E-state index in [0.717, 1.165) is 6.54 Å². The van der Waals surface area contributed by atoms with Crippen LogP contribution in [0.15, 0.2) is 0 Å². The topological polar surface area (TPSA) is 32.3 Å². The molecule has 1 saturated carbocycles. The molecule has 1 aliphatic rings. The molecule has 0 spiro atoms. The molecule has 0 saturated heterocycles. The maximum absolute atomic E-state index is 9.50. The largest absolute Gasteiger partial charge is 0.396 e. The SMILES string of the molecule is CCC(NCC1(CO)CCCC1)C(C)C. The molecule has 1 fully saturated rings. The van der Waals surface area contributed by atoms with E-state index in [0.29, 0.717) is 18.6 Å². The first-order valence-electron chi connectivity index (χ1n) is 6.48. The molecule has 0 amide bonds. The Labute approximate surface area is 94.5 Å². The smallest absolute Gasteiger partial charge is 0.0499 e. The Hall–Kier alpha value is -0.0800. The van der Waals surface area contributed by atoms with E-state index in [1.165, 1.54) is 32.1 Å². The van der Waals surface area contributed by atoms with Gasteiger partial charge in [-0.15, -0.1) is 0 Å². The molecular weight excluding hydrogens is 186 g/mol. The summed E-state index contributed by atoms with van der Waals surface area (Å²) in [6.07, 6.45) is 6.16. The molecule has 0 aromatic carbocycles. The molecule has 0 heterocycles. The van der Waals surface area contributed by atoms with Crippen molar-refractivity contribution in [1.82, 2.24) is 5.32 Å². The van der Waals surface area contributed by atoms with Gasteiger partial charge in [0.2, 0.25) is 0 Å². The molecular formula is C13H27NO. The Morgan fingerprint density at radius 3 is 2.27 bits per heavy atom. The Kier molecular flexibility index (Phi) is 5.07. The summed E-state index contributed by atoms with van der Waals surface area (Å²) in [6.45, 7) is 8.12. The van der Waals surface area contributed by atoms with Gasteiger partial charge in [-0.3, -0.25) is 0 Å². The summed E-state index contributed by atoms with van der Waals surface area (Å²) in [7, 11) is 0. The lowest BCUT2D eigenvalue weighted by Gasteiger charge is -2.31. The first-order valence-corrected chi connectivity index (χ1v) is 6.48. The van der Waals surface area contributed by atoms with E-state index in [1.807, 2.05) is 0 Å². The van der Waals surface area contributed by atoms with Gasteiger partial charge in [-0.05, 0) is 25.2 Å². The van der Waals surface area contributed by atoms with Crippen molar-refractivity contribution in [3.05, 3.63) is 0 Å². The lowest BCUT2D eigenvalue weighted by atomic mass is 9.86. The summed E-state index contributed by atoms with van der Waals surface area (Å²) in [5, 5.41) is 13.1. The van der Waals surface area contributed by atoms with Gasteiger partial charge in [0, 0.05) is 24.6 Å². The van der Waals surface area contributed by atoms with Crippen LogP contribution in [0.25, 0.3) is 0 Å². The van der Waals surface area contributed by atoms with Gasteiger partial charge in [-0.25, -0.2) is 0 Å². The molecule has 2 heteroatoms. The van der Waals surface area contributed by atoms with Crippen LogP contribution in [-0.4, -0.2) is 24.3 Å². The first-order chi connectivity index (χ1) is 7.13. The Morgan fingerprint density at radius 1 is 1.27 bits per heavy atom. The summed E-state index contributed by atoms with van der Waals surface area (Å²) < 4.78 is 0. The predicted molar refractivity (Wildman–Crippen MR) is 64.9 cm³/mol. The highest BCUT2D eigenvalue weighted by molar-refractivity contribution is 4.87. The van der Waals surface area contributed by atoms with Crippen LogP contribution in [0.5, 0.6) is 0 Å². The number of rotatable bonds is 6. The number of hydrogen-bond acceptors (Lipinski definition) is 2. The molecule has 1 aliphatic carbocycles. The van der Waals surface area contributed by atoms with Crippen LogP contribution in [0.4, 0.5) is 0 Å². The standard InChI is InChI=1S/C13H27NO/c1-4-12(11(2)3)14-9-13(10-15)7-5-6-8-13/h11-12,14-15H,4-10H2,1-3H3. The van der Waals surface area contributed by atoms with E-state index in [2.05, 4.69) is 26.1 Å². The molecule has 15 heavy (non-hydrogen) atoms. The second-order valence-corrected chi connectivity index (χ2v) is 5.50. The third kappa shape index (κ3) is 3.46. The molecule has 1 unspecified atom stereocenters. The minimum atomic E-state index is 0.197. The number of aliphatic hydroxyl groups excluding tert-OH is 1. The molecule has 2 nitrogen and oxygen atoms in total. The lowest BCUT2D eigenvalue weighted by molar-refractivity contribution is 0.121. The van der Waals surface area contributed by atoms with E-state index in [-0.39, 0.29) is 5.41 Å². The fraction of sp³-hybridized carbons (Fsp3) is 1.00. The van der Waals surface area contributed by atoms with E-state index in [1.54, 1.807) is 0 Å². The van der Waals surface area contributed by atoms with Crippen LogP contribution in [0, 0.1) is 11.3 Å². The normalized spacial score (nSPS) is 22.2. The maximum Gasteiger partial charge on any atom is 0.0499 e. The lowest BCUT2D eigenvalue weighted by Crippen LogP contribution is -2.42. The molecule has 1 atom stereocenters. The van der Waals surface area contributed by atoms with Crippen molar-refractivity contribution in [2.75, 3.05) is 13.2 Å². The molecule has 0 aromatic heterocycles. The summed E-state index contributed by atoms with van der Waals surface area (Å²) >= 11 is 0. The van der Waals surface area contributed by atoms with Gasteiger partial charge in [-0.2, -0.15) is 0 Å². The summed E-state index contributed by atoms with van der Waals surface area (Å²) in [4.78, 5) is 0. The second kappa shape index (κ2) is 5.86. The van der Waals surface area contributed by atoms with E-state index in [4.69, 9.17) is 0 Å². The van der Waals surface area contributed by atoms with Crippen molar-refractivity contribution >= 4 is 0 Å². The van der Waals surface area contributed by atoms with Crippen molar-refractivity contribution in [3.8, 4) is 0 Å². The molecule has 0 aromatic rings. The molecule has 0 radical (unpaired) electrons. The van der Waals surface area contributed by atoms with Crippen molar-refractivity contribution in [2.45, 2.75) is 58.9 Å². The van der Waals surface area contributed by atoms with Gasteiger partial charge in [0.15, 0.2) is 0 Å². The van der Waals surface area contributed by atoms with Crippen molar-refractivity contribution in [2.24, 2.45) is 11.3 Å². The van der Waals surface area contributed by atoms with Gasteiger partial charge < -0.3 is 10.4 Å². The third-order valence-electron chi connectivity index (χ3n) is 3.98. The number of nitrogens with one attached hydrogen (secondary N) is 1. The minimum absolute atomic E-state index is 0.197. The van der Waals surface area contributed by atoms with E-state index < -0.39 is 0 Å². The van der Waals surface area contributed by atoms with Gasteiger partial charge in [0.25, 0.3) is 0 Å². The fourth-order valence-electron chi connectivity index (χ4n) is 2.71. The average molecular weight is 213 g/mol. The zero-order chi connectivity index (χ0) is 11.3. The third-order valence-corrected chi connectivity index (χ3v) is 3.98. The Bertz CT molecular complexity index is 173. The van der Waals surface area contributed by atoms with E-state index >= 15 is 0 Å². The number of hydrogen-bond donors (Lipinski definition) is 2. The first kappa shape index (κ1) is 13.0. The van der Waals surface area contributed by atoms with Crippen molar-refractivity contribution < 1.29 is 5.11 Å². The van der Waals surface area contributed by atoms with Crippen molar-refractivity contribution in [3.63, 3.8) is 0 Å². The van der Waals surface area contributed by atoms with Crippen LogP contribution >= 0.6 is 0 Å². The second-order valence-electron chi connectivity index (χ2n) is 5.50. The monoisotopic (exact) mass is 213 g/mol. The quantitative estimate of drug-likeness (QED) is 0.711. The highest BCUT2D eigenvalue weighted by Crippen LogP contribution is 2.37.